The average Bonchev–Trinajstić information content (AvgIpc) is 2.75. The lowest BCUT2D eigenvalue weighted by Crippen LogP contribution is -2.18. The number of halogens is 2. The van der Waals surface area contributed by atoms with Crippen molar-refractivity contribution < 1.29 is 4.39 Å². The molecule has 0 aliphatic carbocycles. The van der Waals surface area contributed by atoms with Crippen LogP contribution in [0.2, 0.25) is 5.02 Å². The van der Waals surface area contributed by atoms with Gasteiger partial charge in [-0.05, 0) is 49.6 Å². The molecule has 1 aromatic heterocycles. The van der Waals surface area contributed by atoms with Gasteiger partial charge in [-0.2, -0.15) is 0 Å². The molecule has 0 aliphatic rings. The average molecular weight is 286 g/mol. The standard InChI is InChI=1S/C12H13ClFN3S/c1-7-12(18-17-16-7)11(15-2)5-8-3-4-9(14)6-10(8)13/h3-4,6,11,15H,5H2,1-2H3. The van der Waals surface area contributed by atoms with Gasteiger partial charge >= 0.3 is 0 Å². The predicted octanol–water partition coefficient (Wildman–Crippen LogP) is 3.14. The summed E-state index contributed by atoms with van der Waals surface area (Å²) >= 11 is 7.41. The Labute approximate surface area is 114 Å². The van der Waals surface area contributed by atoms with Crippen LogP contribution in [0.5, 0.6) is 0 Å². The number of nitrogens with one attached hydrogen (secondary N) is 1. The van der Waals surface area contributed by atoms with E-state index in [4.69, 9.17) is 11.6 Å². The van der Waals surface area contributed by atoms with Gasteiger partial charge in [0.05, 0.1) is 10.6 Å². The van der Waals surface area contributed by atoms with Crippen molar-refractivity contribution in [3.63, 3.8) is 0 Å². The second-order valence-corrected chi connectivity index (χ2v) is 5.20. The molecule has 1 atom stereocenters. The minimum atomic E-state index is -0.319. The Morgan fingerprint density at radius 2 is 2.28 bits per heavy atom. The molecule has 0 aliphatic heterocycles. The van der Waals surface area contributed by atoms with Crippen LogP contribution in [0, 0.1) is 12.7 Å². The summed E-state index contributed by atoms with van der Waals surface area (Å²) in [6, 6.07) is 4.56. The third-order valence-electron chi connectivity index (χ3n) is 2.79. The van der Waals surface area contributed by atoms with Gasteiger partial charge in [-0.3, -0.25) is 0 Å². The van der Waals surface area contributed by atoms with E-state index in [1.807, 2.05) is 14.0 Å². The van der Waals surface area contributed by atoms with E-state index >= 15 is 0 Å². The van der Waals surface area contributed by atoms with Gasteiger partial charge in [0.2, 0.25) is 0 Å². The largest absolute Gasteiger partial charge is 0.312 e. The minimum absolute atomic E-state index is 0.0907. The van der Waals surface area contributed by atoms with Crippen molar-refractivity contribution in [1.29, 1.82) is 0 Å². The lowest BCUT2D eigenvalue weighted by molar-refractivity contribution is 0.594. The number of likely N-dealkylation sites (N-methyl/N-ethyl adjacent to an activating group) is 1. The number of benzene rings is 1. The third-order valence-corrected chi connectivity index (χ3v) is 4.08. The first-order valence-electron chi connectivity index (χ1n) is 5.52. The molecule has 0 radical (unpaired) electrons. The lowest BCUT2D eigenvalue weighted by Gasteiger charge is -2.15. The smallest absolute Gasteiger partial charge is 0.124 e. The van der Waals surface area contributed by atoms with E-state index in [-0.39, 0.29) is 11.9 Å². The second-order valence-electron chi connectivity index (χ2n) is 4.00. The minimum Gasteiger partial charge on any atom is -0.312 e. The molecule has 3 nitrogen and oxygen atoms in total. The summed E-state index contributed by atoms with van der Waals surface area (Å²) in [5, 5.41) is 7.66. The normalized spacial score (nSPS) is 12.7. The highest BCUT2D eigenvalue weighted by Crippen LogP contribution is 2.27. The first-order valence-corrected chi connectivity index (χ1v) is 6.67. The van der Waals surface area contributed by atoms with E-state index < -0.39 is 0 Å². The van der Waals surface area contributed by atoms with Crippen molar-refractivity contribution in [3.05, 3.63) is 45.2 Å². The fourth-order valence-electron chi connectivity index (χ4n) is 1.79. The number of aryl methyl sites for hydroxylation is 1. The maximum absolute atomic E-state index is 13.0. The van der Waals surface area contributed by atoms with Gasteiger partial charge < -0.3 is 5.32 Å². The quantitative estimate of drug-likeness (QED) is 0.938. The molecule has 96 valence electrons. The fourth-order valence-corrected chi connectivity index (χ4v) is 2.79. The van der Waals surface area contributed by atoms with Gasteiger partial charge in [-0.25, -0.2) is 4.39 Å². The molecule has 1 aromatic carbocycles. The molecule has 0 saturated carbocycles. The number of nitrogens with zero attached hydrogens (tertiary/aromatic N) is 2. The molecule has 0 saturated heterocycles. The monoisotopic (exact) mass is 285 g/mol. The molecule has 6 heteroatoms. The molecule has 1 unspecified atom stereocenters. The van der Waals surface area contributed by atoms with Crippen LogP contribution in [-0.4, -0.2) is 16.6 Å². The SMILES string of the molecule is CNC(Cc1ccc(F)cc1Cl)c1snnc1C. The maximum atomic E-state index is 13.0. The molecule has 0 bridgehead atoms. The van der Waals surface area contributed by atoms with Crippen molar-refractivity contribution in [1.82, 2.24) is 14.9 Å². The Morgan fingerprint density at radius 1 is 1.50 bits per heavy atom. The van der Waals surface area contributed by atoms with E-state index in [2.05, 4.69) is 14.9 Å². The maximum Gasteiger partial charge on any atom is 0.124 e. The highest BCUT2D eigenvalue weighted by atomic mass is 35.5. The van der Waals surface area contributed by atoms with E-state index in [0.717, 1.165) is 16.1 Å². The van der Waals surface area contributed by atoms with Crippen molar-refractivity contribution >= 4 is 23.1 Å². The highest BCUT2D eigenvalue weighted by Gasteiger charge is 2.17. The van der Waals surface area contributed by atoms with Crippen molar-refractivity contribution in [3.8, 4) is 0 Å². The number of aromatic nitrogens is 2. The van der Waals surface area contributed by atoms with Gasteiger partial charge in [0.25, 0.3) is 0 Å². The van der Waals surface area contributed by atoms with Crippen LogP contribution >= 0.6 is 23.1 Å². The van der Waals surface area contributed by atoms with Gasteiger partial charge in [-0.1, -0.05) is 22.2 Å². The molecule has 2 rings (SSSR count). The second kappa shape index (κ2) is 5.73. The molecular weight excluding hydrogens is 273 g/mol. The van der Waals surface area contributed by atoms with E-state index in [1.165, 1.54) is 23.7 Å². The Bertz CT molecular complexity index is 544. The molecule has 2 aromatic rings. The Kier molecular flexibility index (Phi) is 4.27. The Hall–Kier alpha value is -1.04. The van der Waals surface area contributed by atoms with Gasteiger partial charge in [0.1, 0.15) is 5.82 Å². The summed E-state index contributed by atoms with van der Waals surface area (Å²) in [5.41, 5.74) is 1.82. The van der Waals surface area contributed by atoms with Crippen LogP contribution in [0.3, 0.4) is 0 Å². The predicted molar refractivity (Wildman–Crippen MR) is 71.6 cm³/mol. The first kappa shape index (κ1) is 13.4. The van der Waals surface area contributed by atoms with Crippen LogP contribution in [0.25, 0.3) is 0 Å². The summed E-state index contributed by atoms with van der Waals surface area (Å²) in [6.45, 7) is 1.93. The van der Waals surface area contributed by atoms with Crippen LogP contribution in [-0.2, 0) is 6.42 Å². The summed E-state index contributed by atoms with van der Waals surface area (Å²) < 4.78 is 16.9. The van der Waals surface area contributed by atoms with E-state index in [9.17, 15) is 4.39 Å². The van der Waals surface area contributed by atoms with Crippen LogP contribution in [0.4, 0.5) is 4.39 Å². The Balaban J connectivity index is 2.23. The van der Waals surface area contributed by atoms with Gasteiger partial charge in [-0.15, -0.1) is 5.10 Å². The van der Waals surface area contributed by atoms with E-state index in [0.29, 0.717) is 11.4 Å². The van der Waals surface area contributed by atoms with Crippen molar-refractivity contribution in [2.24, 2.45) is 0 Å². The summed E-state index contributed by atoms with van der Waals surface area (Å²) in [6.07, 6.45) is 0.681. The first-order chi connectivity index (χ1) is 8.61. The topological polar surface area (TPSA) is 37.8 Å². The third kappa shape index (κ3) is 2.85. The van der Waals surface area contributed by atoms with Gasteiger partial charge in [0.15, 0.2) is 0 Å². The molecule has 0 fully saturated rings. The number of rotatable bonds is 4. The highest BCUT2D eigenvalue weighted by molar-refractivity contribution is 7.05. The van der Waals surface area contributed by atoms with Crippen LogP contribution in [0.1, 0.15) is 22.2 Å². The summed E-state index contributed by atoms with van der Waals surface area (Å²) in [4.78, 5) is 1.08. The number of hydrogen-bond donors (Lipinski definition) is 1. The molecular formula is C12H13ClFN3S. The van der Waals surface area contributed by atoms with Crippen molar-refractivity contribution in [2.45, 2.75) is 19.4 Å². The number of hydrogen-bond acceptors (Lipinski definition) is 4. The Morgan fingerprint density at radius 3 is 2.83 bits per heavy atom. The fraction of sp³-hybridized carbons (Fsp3) is 0.333. The van der Waals surface area contributed by atoms with Crippen LogP contribution < -0.4 is 5.32 Å². The van der Waals surface area contributed by atoms with Crippen LogP contribution in [0.15, 0.2) is 18.2 Å². The summed E-state index contributed by atoms with van der Waals surface area (Å²) in [7, 11) is 1.88. The van der Waals surface area contributed by atoms with E-state index in [1.54, 1.807) is 6.07 Å². The molecule has 0 spiro atoms. The van der Waals surface area contributed by atoms with Crippen molar-refractivity contribution in [2.75, 3.05) is 7.05 Å². The molecule has 18 heavy (non-hydrogen) atoms. The summed E-state index contributed by atoms with van der Waals surface area (Å²) in [5.74, 6) is -0.319. The zero-order valence-electron chi connectivity index (χ0n) is 10.1. The molecule has 1 heterocycles. The molecule has 1 N–H and O–H groups in total. The van der Waals surface area contributed by atoms with Gasteiger partial charge in [0, 0.05) is 11.1 Å². The zero-order valence-corrected chi connectivity index (χ0v) is 11.6. The molecule has 0 amide bonds. The lowest BCUT2D eigenvalue weighted by atomic mass is 10.0. The zero-order chi connectivity index (χ0) is 13.1.